The van der Waals surface area contributed by atoms with E-state index in [-0.39, 0.29) is 29.6 Å². The van der Waals surface area contributed by atoms with E-state index in [0.29, 0.717) is 33.9 Å². The quantitative estimate of drug-likeness (QED) is 0.561. The summed E-state index contributed by atoms with van der Waals surface area (Å²) in [5.41, 5.74) is 0.553. The van der Waals surface area contributed by atoms with E-state index in [2.05, 4.69) is 15.4 Å². The van der Waals surface area contributed by atoms with Crippen molar-refractivity contribution in [3.8, 4) is 0 Å². The van der Waals surface area contributed by atoms with Crippen LogP contribution in [-0.2, 0) is 22.4 Å². The Labute approximate surface area is 184 Å². The van der Waals surface area contributed by atoms with Gasteiger partial charge < -0.3 is 10.1 Å². The first-order valence-corrected chi connectivity index (χ1v) is 10.9. The molecule has 0 aliphatic rings. The molecule has 2 aromatic heterocycles. The highest BCUT2D eigenvalue weighted by atomic mass is 32.1. The molecule has 0 aliphatic heterocycles. The molecule has 31 heavy (non-hydrogen) atoms. The third kappa shape index (κ3) is 4.99. The number of hydrogen-bond donors (Lipinski definition) is 1. The van der Waals surface area contributed by atoms with Crippen molar-refractivity contribution >= 4 is 39.1 Å². The number of nitrogens with zero attached hydrogens (tertiary/aromatic N) is 3. The molecule has 0 radical (unpaired) electrons. The van der Waals surface area contributed by atoms with Crippen molar-refractivity contribution in [1.29, 1.82) is 0 Å². The first-order chi connectivity index (χ1) is 14.7. The highest BCUT2D eigenvalue weighted by Crippen LogP contribution is 2.27. The predicted molar refractivity (Wildman–Crippen MR) is 121 cm³/mol. The molecule has 1 amide bonds. The lowest BCUT2D eigenvalue weighted by Gasteiger charge is -2.13. The zero-order valence-electron chi connectivity index (χ0n) is 18.3. The summed E-state index contributed by atoms with van der Waals surface area (Å²) in [5.74, 6) is -0.531. The number of anilines is 1. The zero-order valence-corrected chi connectivity index (χ0v) is 19.1. The van der Waals surface area contributed by atoms with Crippen LogP contribution in [-0.4, -0.2) is 33.8 Å². The number of thiazole rings is 1. The van der Waals surface area contributed by atoms with Crippen LogP contribution in [0.25, 0.3) is 10.8 Å². The van der Waals surface area contributed by atoms with E-state index in [0.717, 1.165) is 4.88 Å². The number of carbonyl (C=O) groups is 2. The van der Waals surface area contributed by atoms with Gasteiger partial charge in [-0.15, -0.1) is 11.3 Å². The zero-order chi connectivity index (χ0) is 22.7. The number of esters is 1. The van der Waals surface area contributed by atoms with Crippen molar-refractivity contribution in [1.82, 2.24) is 14.8 Å². The van der Waals surface area contributed by atoms with E-state index >= 15 is 0 Å². The van der Waals surface area contributed by atoms with Crippen molar-refractivity contribution < 1.29 is 14.3 Å². The SMILES string of the molecule is COC(=O)c1nc(NC(=O)Cc2nn(C(C)C)c(=O)c3ccccc23)sc1CC(C)C. The van der Waals surface area contributed by atoms with Crippen LogP contribution >= 0.6 is 11.3 Å². The fraction of sp³-hybridized carbons (Fsp3) is 0.409. The van der Waals surface area contributed by atoms with E-state index < -0.39 is 5.97 Å². The molecule has 0 fully saturated rings. The standard InChI is InChI=1S/C22H26N4O4S/c1-12(2)10-17-19(21(29)30-5)24-22(31-17)23-18(27)11-16-14-8-6-7-9-15(14)20(28)26(25-16)13(3)4/h6-9,12-13H,10-11H2,1-5H3,(H,23,24,27). The highest BCUT2D eigenvalue weighted by molar-refractivity contribution is 7.16. The Hall–Kier alpha value is -3.07. The summed E-state index contributed by atoms with van der Waals surface area (Å²) in [6.45, 7) is 7.82. The molecule has 0 atom stereocenters. The summed E-state index contributed by atoms with van der Waals surface area (Å²) in [7, 11) is 1.31. The van der Waals surface area contributed by atoms with Crippen LogP contribution in [0.5, 0.6) is 0 Å². The molecule has 164 valence electrons. The lowest BCUT2D eigenvalue weighted by Crippen LogP contribution is -2.27. The van der Waals surface area contributed by atoms with Gasteiger partial charge in [0.2, 0.25) is 5.91 Å². The number of ether oxygens (including phenoxy) is 1. The number of nitrogens with one attached hydrogen (secondary N) is 1. The summed E-state index contributed by atoms with van der Waals surface area (Å²) >= 11 is 1.27. The molecular weight excluding hydrogens is 416 g/mol. The minimum Gasteiger partial charge on any atom is -0.464 e. The van der Waals surface area contributed by atoms with Crippen molar-refractivity contribution in [2.75, 3.05) is 12.4 Å². The lowest BCUT2D eigenvalue weighted by atomic mass is 10.1. The Morgan fingerprint density at radius 2 is 1.84 bits per heavy atom. The Morgan fingerprint density at radius 3 is 2.45 bits per heavy atom. The first-order valence-electron chi connectivity index (χ1n) is 10.1. The van der Waals surface area contributed by atoms with Crippen molar-refractivity contribution in [3.63, 3.8) is 0 Å². The average molecular weight is 443 g/mol. The molecule has 1 aromatic carbocycles. The maximum absolute atomic E-state index is 12.8. The van der Waals surface area contributed by atoms with Gasteiger partial charge in [-0.25, -0.2) is 14.5 Å². The molecule has 1 N–H and O–H groups in total. The molecule has 0 saturated heterocycles. The number of fused-ring (bicyclic) bond motifs is 1. The number of rotatable bonds is 7. The van der Waals surface area contributed by atoms with Gasteiger partial charge in [0.1, 0.15) is 0 Å². The second-order valence-electron chi connectivity index (χ2n) is 7.94. The Kier molecular flexibility index (Phi) is 6.84. The minimum atomic E-state index is -0.524. The Morgan fingerprint density at radius 1 is 1.16 bits per heavy atom. The summed E-state index contributed by atoms with van der Waals surface area (Å²) in [6, 6.07) is 6.99. The van der Waals surface area contributed by atoms with E-state index in [9.17, 15) is 14.4 Å². The molecule has 0 unspecified atom stereocenters. The average Bonchev–Trinajstić information content (AvgIpc) is 3.10. The van der Waals surface area contributed by atoms with Crippen LogP contribution < -0.4 is 10.9 Å². The second-order valence-corrected chi connectivity index (χ2v) is 9.02. The number of aromatic nitrogens is 3. The maximum atomic E-state index is 12.8. The third-order valence-electron chi connectivity index (χ3n) is 4.64. The molecule has 3 aromatic rings. The van der Waals surface area contributed by atoms with Gasteiger partial charge in [-0.2, -0.15) is 5.10 Å². The maximum Gasteiger partial charge on any atom is 0.357 e. The van der Waals surface area contributed by atoms with Crippen molar-refractivity contribution in [2.45, 2.75) is 46.6 Å². The van der Waals surface area contributed by atoms with E-state index in [1.807, 2.05) is 33.8 Å². The van der Waals surface area contributed by atoms with E-state index in [4.69, 9.17) is 4.74 Å². The molecule has 9 heteroatoms. The number of benzene rings is 1. The van der Waals surface area contributed by atoms with Gasteiger partial charge in [-0.05, 0) is 32.3 Å². The predicted octanol–water partition coefficient (Wildman–Crippen LogP) is 3.60. The van der Waals surface area contributed by atoms with E-state index in [1.165, 1.54) is 23.1 Å². The summed E-state index contributed by atoms with van der Waals surface area (Å²) < 4.78 is 6.21. The van der Waals surface area contributed by atoms with Gasteiger partial charge in [-0.3, -0.25) is 9.59 Å². The van der Waals surface area contributed by atoms with Crippen LogP contribution in [0, 0.1) is 5.92 Å². The molecule has 2 heterocycles. The number of methoxy groups -OCH3 is 1. The fourth-order valence-electron chi connectivity index (χ4n) is 3.24. The third-order valence-corrected chi connectivity index (χ3v) is 5.63. The van der Waals surface area contributed by atoms with Gasteiger partial charge in [0.05, 0.1) is 30.7 Å². The molecular formula is C22H26N4O4S. The molecule has 8 nitrogen and oxygen atoms in total. The molecule has 3 rings (SSSR count). The summed E-state index contributed by atoms with van der Waals surface area (Å²) in [6.07, 6.45) is 0.629. The van der Waals surface area contributed by atoms with Gasteiger partial charge in [-0.1, -0.05) is 32.0 Å². The van der Waals surface area contributed by atoms with Gasteiger partial charge in [0, 0.05) is 10.3 Å². The van der Waals surface area contributed by atoms with Gasteiger partial charge >= 0.3 is 5.97 Å². The van der Waals surface area contributed by atoms with Crippen LogP contribution in [0.15, 0.2) is 29.1 Å². The number of carbonyl (C=O) groups excluding carboxylic acids is 2. The topological polar surface area (TPSA) is 103 Å². The van der Waals surface area contributed by atoms with Crippen molar-refractivity contribution in [3.05, 3.63) is 50.9 Å². The molecule has 0 saturated carbocycles. The van der Waals surface area contributed by atoms with Crippen LogP contribution in [0.3, 0.4) is 0 Å². The van der Waals surface area contributed by atoms with Crippen LogP contribution in [0.4, 0.5) is 5.13 Å². The minimum absolute atomic E-state index is 0.0276. The molecule has 0 spiro atoms. The fourth-order valence-corrected chi connectivity index (χ4v) is 4.42. The van der Waals surface area contributed by atoms with Gasteiger partial charge in [0.15, 0.2) is 10.8 Å². The normalized spacial score (nSPS) is 11.3. The first kappa shape index (κ1) is 22.6. The van der Waals surface area contributed by atoms with Crippen molar-refractivity contribution in [2.24, 2.45) is 5.92 Å². The highest BCUT2D eigenvalue weighted by Gasteiger charge is 2.21. The monoisotopic (exact) mass is 442 g/mol. The molecule has 0 aliphatic carbocycles. The van der Waals surface area contributed by atoms with Crippen LogP contribution in [0.2, 0.25) is 0 Å². The van der Waals surface area contributed by atoms with E-state index in [1.54, 1.807) is 18.2 Å². The summed E-state index contributed by atoms with van der Waals surface area (Å²) in [4.78, 5) is 42.6. The molecule has 0 bridgehead atoms. The Bertz CT molecular complexity index is 1180. The Balaban J connectivity index is 1.90. The smallest absolute Gasteiger partial charge is 0.357 e. The largest absolute Gasteiger partial charge is 0.464 e. The van der Waals surface area contributed by atoms with Gasteiger partial charge in [0.25, 0.3) is 5.56 Å². The number of amides is 1. The second kappa shape index (κ2) is 9.38. The number of hydrogen-bond acceptors (Lipinski definition) is 7. The summed E-state index contributed by atoms with van der Waals surface area (Å²) in [5, 5.41) is 8.71. The lowest BCUT2D eigenvalue weighted by molar-refractivity contribution is -0.115. The van der Waals surface area contributed by atoms with Crippen LogP contribution in [0.1, 0.15) is 54.8 Å².